The zero-order valence-corrected chi connectivity index (χ0v) is 14.0. The first-order valence-electron chi connectivity index (χ1n) is 7.32. The number of nitriles is 1. The minimum absolute atomic E-state index is 0.0212. The lowest BCUT2D eigenvalue weighted by Crippen LogP contribution is -2.15. The Hall–Kier alpha value is -2.62. The van der Waals surface area contributed by atoms with Gasteiger partial charge in [0.15, 0.2) is 0 Å². The third-order valence-electron chi connectivity index (χ3n) is 2.99. The number of ether oxygens (including phenoxy) is 2. The molecule has 1 rings (SSSR count). The van der Waals surface area contributed by atoms with E-state index in [2.05, 4.69) is 5.10 Å². The molecule has 0 N–H and O–H groups in total. The second kappa shape index (κ2) is 8.13. The Bertz CT molecular complexity index is 666. The summed E-state index contributed by atoms with van der Waals surface area (Å²) in [7, 11) is 0. The van der Waals surface area contributed by atoms with Crippen molar-refractivity contribution < 1.29 is 19.1 Å². The van der Waals surface area contributed by atoms with Gasteiger partial charge in [0, 0.05) is 11.3 Å². The highest BCUT2D eigenvalue weighted by Crippen LogP contribution is 2.18. The van der Waals surface area contributed by atoms with E-state index >= 15 is 0 Å². The van der Waals surface area contributed by atoms with Crippen LogP contribution < -0.4 is 0 Å². The number of hydrogen-bond donors (Lipinski definition) is 0. The van der Waals surface area contributed by atoms with Crippen molar-refractivity contribution in [1.29, 1.82) is 5.26 Å². The first-order chi connectivity index (χ1) is 10.8. The predicted octanol–water partition coefficient (Wildman–Crippen LogP) is 1.92. The Labute approximate surface area is 135 Å². The smallest absolute Gasteiger partial charge is 0.349 e. The molecule has 0 aliphatic carbocycles. The summed E-state index contributed by atoms with van der Waals surface area (Å²) < 4.78 is 11.4. The molecule has 124 valence electrons. The first kappa shape index (κ1) is 18.4. The van der Waals surface area contributed by atoms with Gasteiger partial charge in [0.1, 0.15) is 18.2 Å². The second-order valence-corrected chi connectivity index (χ2v) is 5.17. The average molecular weight is 319 g/mol. The highest BCUT2D eigenvalue weighted by atomic mass is 16.5. The molecule has 1 aromatic heterocycles. The van der Waals surface area contributed by atoms with Gasteiger partial charge in [0.2, 0.25) is 0 Å². The van der Waals surface area contributed by atoms with Gasteiger partial charge in [-0.3, -0.25) is 9.48 Å². The molecular weight excluding hydrogens is 298 g/mol. The predicted molar refractivity (Wildman–Crippen MR) is 83.2 cm³/mol. The topological polar surface area (TPSA) is 94.2 Å². The minimum atomic E-state index is -0.681. The van der Waals surface area contributed by atoms with E-state index in [9.17, 15) is 9.59 Å². The number of hydrogen-bond acceptors (Lipinski definition) is 6. The summed E-state index contributed by atoms with van der Waals surface area (Å²) in [6, 6.07) is 1.84. The quantitative estimate of drug-likeness (QED) is 0.452. The maximum atomic E-state index is 11.9. The number of carbonyl (C=O) groups excluding carboxylic acids is 2. The SMILES string of the molecule is CCOC(=O)Cn1nc(C)c(/C=C(\C#N)C(=O)OC(C)C)c1C. The molecule has 1 heterocycles. The third kappa shape index (κ3) is 4.95. The van der Waals surface area contributed by atoms with Crippen molar-refractivity contribution in [3.05, 3.63) is 22.5 Å². The normalized spacial score (nSPS) is 11.3. The zero-order chi connectivity index (χ0) is 17.6. The Morgan fingerprint density at radius 1 is 1.39 bits per heavy atom. The van der Waals surface area contributed by atoms with Crippen molar-refractivity contribution >= 4 is 18.0 Å². The van der Waals surface area contributed by atoms with Crippen LogP contribution in [0.3, 0.4) is 0 Å². The lowest BCUT2D eigenvalue weighted by Gasteiger charge is -2.07. The van der Waals surface area contributed by atoms with Crippen molar-refractivity contribution in [2.75, 3.05) is 6.61 Å². The van der Waals surface area contributed by atoms with Gasteiger partial charge < -0.3 is 9.47 Å². The summed E-state index contributed by atoms with van der Waals surface area (Å²) in [5, 5.41) is 13.4. The molecule has 0 fully saturated rings. The van der Waals surface area contributed by atoms with Gasteiger partial charge >= 0.3 is 11.9 Å². The standard InChI is InChI=1S/C16H21N3O4/c1-6-22-15(20)9-19-12(5)14(11(4)18-19)7-13(8-17)16(21)23-10(2)3/h7,10H,6,9H2,1-5H3/b13-7+. The summed E-state index contributed by atoms with van der Waals surface area (Å²) in [5.41, 5.74) is 1.78. The van der Waals surface area contributed by atoms with Crippen molar-refractivity contribution in [2.45, 2.75) is 47.3 Å². The molecule has 0 aliphatic heterocycles. The van der Waals surface area contributed by atoms with Gasteiger partial charge in [-0.1, -0.05) is 0 Å². The van der Waals surface area contributed by atoms with Crippen LogP contribution >= 0.6 is 0 Å². The number of nitrogens with zero attached hydrogens (tertiary/aromatic N) is 3. The fraction of sp³-hybridized carbons (Fsp3) is 0.500. The van der Waals surface area contributed by atoms with E-state index in [0.29, 0.717) is 23.6 Å². The van der Waals surface area contributed by atoms with Crippen LogP contribution in [-0.4, -0.2) is 34.4 Å². The van der Waals surface area contributed by atoms with E-state index in [4.69, 9.17) is 14.7 Å². The molecule has 0 aliphatic rings. The Balaban J connectivity index is 3.11. The molecule has 0 unspecified atom stereocenters. The average Bonchev–Trinajstić information content (AvgIpc) is 2.70. The minimum Gasteiger partial charge on any atom is -0.465 e. The lowest BCUT2D eigenvalue weighted by molar-refractivity contribution is -0.144. The molecule has 0 radical (unpaired) electrons. The van der Waals surface area contributed by atoms with E-state index in [0.717, 1.165) is 0 Å². The Morgan fingerprint density at radius 3 is 2.57 bits per heavy atom. The number of esters is 2. The highest BCUT2D eigenvalue weighted by molar-refractivity contribution is 5.98. The Morgan fingerprint density at radius 2 is 2.04 bits per heavy atom. The molecule has 23 heavy (non-hydrogen) atoms. The molecule has 0 atom stereocenters. The van der Waals surface area contributed by atoms with E-state index in [1.54, 1.807) is 34.6 Å². The molecule has 0 saturated carbocycles. The van der Waals surface area contributed by atoms with Crippen molar-refractivity contribution in [3.8, 4) is 6.07 Å². The van der Waals surface area contributed by atoms with Crippen LogP contribution in [0.15, 0.2) is 5.57 Å². The van der Waals surface area contributed by atoms with Gasteiger partial charge in [0.05, 0.1) is 18.4 Å². The summed E-state index contributed by atoms with van der Waals surface area (Å²) >= 11 is 0. The van der Waals surface area contributed by atoms with E-state index in [1.807, 2.05) is 6.07 Å². The number of carbonyl (C=O) groups is 2. The van der Waals surface area contributed by atoms with Gasteiger partial charge in [0.25, 0.3) is 0 Å². The van der Waals surface area contributed by atoms with Crippen molar-refractivity contribution in [2.24, 2.45) is 0 Å². The van der Waals surface area contributed by atoms with Crippen LogP contribution in [-0.2, 0) is 25.6 Å². The number of rotatable bonds is 6. The number of aromatic nitrogens is 2. The van der Waals surface area contributed by atoms with Crippen LogP contribution in [0, 0.1) is 25.2 Å². The summed E-state index contributed by atoms with van der Waals surface area (Å²) in [6.07, 6.45) is 1.12. The molecule has 0 aromatic carbocycles. The maximum absolute atomic E-state index is 11.9. The maximum Gasteiger partial charge on any atom is 0.349 e. The van der Waals surface area contributed by atoms with E-state index in [-0.39, 0.29) is 18.2 Å². The van der Waals surface area contributed by atoms with Crippen LogP contribution in [0.5, 0.6) is 0 Å². The molecular formula is C16H21N3O4. The third-order valence-corrected chi connectivity index (χ3v) is 2.99. The van der Waals surface area contributed by atoms with E-state index < -0.39 is 11.9 Å². The van der Waals surface area contributed by atoms with Crippen molar-refractivity contribution in [3.63, 3.8) is 0 Å². The van der Waals surface area contributed by atoms with Gasteiger partial charge in [-0.05, 0) is 40.7 Å². The highest BCUT2D eigenvalue weighted by Gasteiger charge is 2.17. The summed E-state index contributed by atoms with van der Waals surface area (Å²) in [6.45, 7) is 8.92. The molecule has 1 aromatic rings. The monoisotopic (exact) mass is 319 g/mol. The summed E-state index contributed by atoms with van der Waals surface area (Å²) in [4.78, 5) is 23.4. The van der Waals surface area contributed by atoms with Gasteiger partial charge in [-0.15, -0.1) is 0 Å². The molecule has 0 amide bonds. The van der Waals surface area contributed by atoms with Crippen molar-refractivity contribution in [1.82, 2.24) is 9.78 Å². The van der Waals surface area contributed by atoms with Gasteiger partial charge in [-0.25, -0.2) is 4.79 Å². The molecule has 7 nitrogen and oxygen atoms in total. The van der Waals surface area contributed by atoms with Crippen LogP contribution in [0.25, 0.3) is 6.08 Å². The van der Waals surface area contributed by atoms with Crippen LogP contribution in [0.1, 0.15) is 37.7 Å². The van der Waals surface area contributed by atoms with Crippen LogP contribution in [0.4, 0.5) is 0 Å². The first-order valence-corrected chi connectivity index (χ1v) is 7.32. The summed E-state index contributed by atoms with van der Waals surface area (Å²) in [5.74, 6) is -1.08. The van der Waals surface area contributed by atoms with Gasteiger partial charge in [-0.2, -0.15) is 10.4 Å². The largest absolute Gasteiger partial charge is 0.465 e. The van der Waals surface area contributed by atoms with Crippen LogP contribution in [0.2, 0.25) is 0 Å². The fourth-order valence-electron chi connectivity index (χ4n) is 1.96. The second-order valence-electron chi connectivity index (χ2n) is 5.17. The molecule has 0 spiro atoms. The zero-order valence-electron chi connectivity index (χ0n) is 14.0. The molecule has 0 bridgehead atoms. The van der Waals surface area contributed by atoms with E-state index in [1.165, 1.54) is 10.8 Å². The number of aryl methyl sites for hydroxylation is 1. The Kier molecular flexibility index (Phi) is 6.51. The molecule has 0 saturated heterocycles. The lowest BCUT2D eigenvalue weighted by atomic mass is 10.1. The fourth-order valence-corrected chi connectivity index (χ4v) is 1.96. The molecule has 7 heteroatoms.